The zero-order chi connectivity index (χ0) is 13.4. The van der Waals surface area contributed by atoms with Crippen molar-refractivity contribution in [2.24, 2.45) is 5.92 Å². The van der Waals surface area contributed by atoms with Crippen molar-refractivity contribution in [3.8, 4) is 0 Å². The molecule has 1 rings (SSSR count). The highest BCUT2D eigenvalue weighted by atomic mass is 16.2. The standard InChI is InChI=1S/C14H29N3O/c1-4-17(10-13-6-5-8-15-13)11-14(18)16-9-7-12(2)3/h12-13,15H,4-11H2,1-3H3,(H,16,18). The van der Waals surface area contributed by atoms with Crippen molar-refractivity contribution in [2.75, 3.05) is 32.7 Å². The van der Waals surface area contributed by atoms with Crippen molar-refractivity contribution in [3.63, 3.8) is 0 Å². The van der Waals surface area contributed by atoms with Gasteiger partial charge in [0, 0.05) is 19.1 Å². The van der Waals surface area contributed by atoms with E-state index in [1.807, 2.05) is 0 Å². The first-order valence-electron chi connectivity index (χ1n) is 7.34. The van der Waals surface area contributed by atoms with E-state index in [9.17, 15) is 4.79 Å². The van der Waals surface area contributed by atoms with Crippen LogP contribution in [0.15, 0.2) is 0 Å². The van der Waals surface area contributed by atoms with Crippen molar-refractivity contribution in [1.82, 2.24) is 15.5 Å². The Hall–Kier alpha value is -0.610. The van der Waals surface area contributed by atoms with E-state index in [2.05, 4.69) is 36.3 Å². The Morgan fingerprint density at radius 2 is 2.28 bits per heavy atom. The molecule has 1 aliphatic heterocycles. The Morgan fingerprint density at radius 3 is 2.83 bits per heavy atom. The van der Waals surface area contributed by atoms with Gasteiger partial charge in [-0.2, -0.15) is 0 Å². The van der Waals surface area contributed by atoms with Crippen LogP contribution in [0.4, 0.5) is 0 Å². The number of carbonyl (C=O) groups excluding carboxylic acids is 1. The Bertz CT molecular complexity index is 237. The number of amides is 1. The van der Waals surface area contributed by atoms with Crippen LogP contribution in [0, 0.1) is 5.92 Å². The quantitative estimate of drug-likeness (QED) is 0.685. The topological polar surface area (TPSA) is 44.4 Å². The van der Waals surface area contributed by atoms with Crippen LogP contribution in [-0.2, 0) is 4.79 Å². The lowest BCUT2D eigenvalue weighted by Crippen LogP contribution is -2.43. The third kappa shape index (κ3) is 6.36. The lowest BCUT2D eigenvalue weighted by atomic mass is 10.1. The highest BCUT2D eigenvalue weighted by Crippen LogP contribution is 2.06. The predicted octanol–water partition coefficient (Wildman–Crippen LogP) is 1.22. The van der Waals surface area contributed by atoms with Crippen LogP contribution >= 0.6 is 0 Å². The van der Waals surface area contributed by atoms with E-state index >= 15 is 0 Å². The van der Waals surface area contributed by atoms with Gasteiger partial charge in [0.05, 0.1) is 6.54 Å². The van der Waals surface area contributed by atoms with Gasteiger partial charge in [-0.05, 0) is 38.3 Å². The SMILES string of the molecule is CCN(CC(=O)NCCC(C)C)CC1CCCN1. The number of nitrogens with one attached hydrogen (secondary N) is 2. The summed E-state index contributed by atoms with van der Waals surface area (Å²) in [5.74, 6) is 0.811. The fourth-order valence-electron chi connectivity index (χ4n) is 2.29. The number of nitrogens with zero attached hydrogens (tertiary/aromatic N) is 1. The minimum atomic E-state index is 0.162. The van der Waals surface area contributed by atoms with Gasteiger partial charge >= 0.3 is 0 Å². The zero-order valence-electron chi connectivity index (χ0n) is 12.2. The van der Waals surface area contributed by atoms with Crippen molar-refractivity contribution >= 4 is 5.91 Å². The molecule has 4 nitrogen and oxygen atoms in total. The van der Waals surface area contributed by atoms with E-state index < -0.39 is 0 Å². The molecule has 1 aliphatic rings. The van der Waals surface area contributed by atoms with Crippen molar-refractivity contribution < 1.29 is 4.79 Å². The third-order valence-electron chi connectivity index (χ3n) is 3.50. The van der Waals surface area contributed by atoms with Gasteiger partial charge in [0.2, 0.25) is 5.91 Å². The average molecular weight is 255 g/mol. The summed E-state index contributed by atoms with van der Waals surface area (Å²) in [5, 5.41) is 6.48. The van der Waals surface area contributed by atoms with Gasteiger partial charge in [-0.3, -0.25) is 9.69 Å². The van der Waals surface area contributed by atoms with E-state index in [0.717, 1.165) is 32.6 Å². The van der Waals surface area contributed by atoms with Crippen molar-refractivity contribution in [1.29, 1.82) is 0 Å². The molecule has 0 aromatic rings. The fourth-order valence-corrected chi connectivity index (χ4v) is 2.29. The lowest BCUT2D eigenvalue weighted by molar-refractivity contribution is -0.122. The summed E-state index contributed by atoms with van der Waals surface area (Å²) in [4.78, 5) is 14.0. The van der Waals surface area contributed by atoms with E-state index in [0.29, 0.717) is 18.5 Å². The maximum atomic E-state index is 11.8. The summed E-state index contributed by atoms with van der Waals surface area (Å²) in [5.41, 5.74) is 0. The van der Waals surface area contributed by atoms with Gasteiger partial charge in [0.1, 0.15) is 0 Å². The first-order chi connectivity index (χ1) is 8.61. The summed E-state index contributed by atoms with van der Waals surface area (Å²) in [6.07, 6.45) is 3.57. The first-order valence-corrected chi connectivity index (χ1v) is 7.34. The molecular formula is C14H29N3O. The molecule has 0 aliphatic carbocycles. The van der Waals surface area contributed by atoms with Gasteiger partial charge in [0.25, 0.3) is 0 Å². The number of rotatable bonds is 8. The highest BCUT2D eigenvalue weighted by Gasteiger charge is 2.18. The Labute approximate surface area is 111 Å². The molecular weight excluding hydrogens is 226 g/mol. The molecule has 1 unspecified atom stereocenters. The molecule has 0 spiro atoms. The third-order valence-corrected chi connectivity index (χ3v) is 3.50. The van der Waals surface area contributed by atoms with Crippen LogP contribution in [0.3, 0.4) is 0 Å². The summed E-state index contributed by atoms with van der Waals surface area (Å²) >= 11 is 0. The second-order valence-corrected chi connectivity index (χ2v) is 5.65. The molecule has 18 heavy (non-hydrogen) atoms. The monoisotopic (exact) mass is 255 g/mol. The maximum Gasteiger partial charge on any atom is 0.234 e. The maximum absolute atomic E-state index is 11.8. The smallest absolute Gasteiger partial charge is 0.234 e. The second-order valence-electron chi connectivity index (χ2n) is 5.65. The molecule has 4 heteroatoms. The van der Waals surface area contributed by atoms with Gasteiger partial charge in [-0.25, -0.2) is 0 Å². The summed E-state index contributed by atoms with van der Waals surface area (Å²) in [6.45, 7) is 10.9. The molecule has 1 fully saturated rings. The molecule has 1 amide bonds. The van der Waals surface area contributed by atoms with Crippen LogP contribution in [0.1, 0.15) is 40.0 Å². The first kappa shape index (κ1) is 15.4. The predicted molar refractivity (Wildman–Crippen MR) is 75.6 cm³/mol. The van der Waals surface area contributed by atoms with Crippen LogP contribution in [-0.4, -0.2) is 49.6 Å². The molecule has 1 atom stereocenters. The fraction of sp³-hybridized carbons (Fsp3) is 0.929. The van der Waals surface area contributed by atoms with Gasteiger partial charge in [0.15, 0.2) is 0 Å². The second kappa shape index (κ2) is 8.48. The summed E-state index contributed by atoms with van der Waals surface area (Å²) in [7, 11) is 0. The molecule has 1 heterocycles. The number of hydrogen-bond acceptors (Lipinski definition) is 3. The average Bonchev–Trinajstić information content (AvgIpc) is 2.80. The van der Waals surface area contributed by atoms with Crippen LogP contribution in [0.2, 0.25) is 0 Å². The minimum absolute atomic E-state index is 0.162. The molecule has 0 saturated carbocycles. The van der Waals surface area contributed by atoms with Crippen LogP contribution in [0.5, 0.6) is 0 Å². The normalized spacial score (nSPS) is 19.7. The lowest BCUT2D eigenvalue weighted by Gasteiger charge is -2.23. The van der Waals surface area contributed by atoms with Crippen LogP contribution in [0.25, 0.3) is 0 Å². The Morgan fingerprint density at radius 1 is 1.50 bits per heavy atom. The number of hydrogen-bond donors (Lipinski definition) is 2. The van der Waals surface area contributed by atoms with Crippen molar-refractivity contribution in [2.45, 2.75) is 46.1 Å². The molecule has 1 saturated heterocycles. The number of carbonyl (C=O) groups is 1. The molecule has 0 aromatic carbocycles. The molecule has 0 aromatic heterocycles. The van der Waals surface area contributed by atoms with E-state index in [4.69, 9.17) is 0 Å². The van der Waals surface area contributed by atoms with E-state index in [-0.39, 0.29) is 5.91 Å². The largest absolute Gasteiger partial charge is 0.355 e. The summed E-state index contributed by atoms with van der Waals surface area (Å²) < 4.78 is 0. The van der Waals surface area contributed by atoms with Crippen molar-refractivity contribution in [3.05, 3.63) is 0 Å². The Kier molecular flexibility index (Phi) is 7.28. The number of likely N-dealkylation sites (N-methyl/N-ethyl adjacent to an activating group) is 1. The van der Waals surface area contributed by atoms with Crippen LogP contribution < -0.4 is 10.6 Å². The Balaban J connectivity index is 2.18. The minimum Gasteiger partial charge on any atom is -0.355 e. The zero-order valence-corrected chi connectivity index (χ0v) is 12.2. The van der Waals surface area contributed by atoms with E-state index in [1.165, 1.54) is 12.8 Å². The molecule has 0 radical (unpaired) electrons. The van der Waals surface area contributed by atoms with Gasteiger partial charge in [-0.15, -0.1) is 0 Å². The molecule has 0 bridgehead atoms. The molecule has 2 N–H and O–H groups in total. The van der Waals surface area contributed by atoms with E-state index in [1.54, 1.807) is 0 Å². The van der Waals surface area contributed by atoms with Gasteiger partial charge in [-0.1, -0.05) is 20.8 Å². The molecule has 106 valence electrons. The summed E-state index contributed by atoms with van der Waals surface area (Å²) in [6, 6.07) is 0.577. The van der Waals surface area contributed by atoms with Gasteiger partial charge < -0.3 is 10.6 Å². The highest BCUT2D eigenvalue weighted by molar-refractivity contribution is 5.77.